The van der Waals surface area contributed by atoms with E-state index >= 15 is 0 Å². The second kappa shape index (κ2) is 8.18. The number of carbonyl (C=O) groups excluding carboxylic acids is 2. The Morgan fingerprint density at radius 1 is 0.958 bits per heavy atom. The first kappa shape index (κ1) is 16.8. The van der Waals surface area contributed by atoms with Gasteiger partial charge >= 0.3 is 0 Å². The second-order valence-corrected chi connectivity index (χ2v) is 6.70. The van der Waals surface area contributed by atoms with Gasteiger partial charge in [-0.15, -0.1) is 0 Å². The summed E-state index contributed by atoms with van der Waals surface area (Å²) in [5.41, 5.74) is 0.562. The summed E-state index contributed by atoms with van der Waals surface area (Å²) in [4.78, 5) is 24.3. The van der Waals surface area contributed by atoms with Crippen molar-refractivity contribution >= 4 is 11.8 Å². The summed E-state index contributed by atoms with van der Waals surface area (Å²) in [6.07, 6.45) is 7.82. The Kier molecular flexibility index (Phi) is 5.72. The minimum Gasteiger partial charge on any atom is -0.490 e. The van der Waals surface area contributed by atoms with Gasteiger partial charge in [0.1, 0.15) is 5.75 Å². The molecule has 0 bridgehead atoms. The SMILES string of the molecule is O=C(NCCNC(=O)C1CCCC1)c1ccccc1OC1CCC1. The molecule has 0 aliphatic heterocycles. The van der Waals surface area contributed by atoms with E-state index in [2.05, 4.69) is 10.6 Å². The van der Waals surface area contributed by atoms with Crippen LogP contribution in [0.25, 0.3) is 0 Å². The van der Waals surface area contributed by atoms with Gasteiger partial charge in [-0.1, -0.05) is 25.0 Å². The highest BCUT2D eigenvalue weighted by Crippen LogP contribution is 2.27. The van der Waals surface area contributed by atoms with Crippen molar-refractivity contribution in [1.29, 1.82) is 0 Å². The van der Waals surface area contributed by atoms with Crippen LogP contribution in [0, 0.1) is 5.92 Å². The van der Waals surface area contributed by atoms with Crippen molar-refractivity contribution < 1.29 is 14.3 Å². The molecule has 130 valence electrons. The summed E-state index contributed by atoms with van der Waals surface area (Å²) in [6.45, 7) is 0.891. The normalized spacial score (nSPS) is 18.0. The first-order valence-electron chi connectivity index (χ1n) is 9.05. The summed E-state index contributed by atoms with van der Waals surface area (Å²) in [7, 11) is 0. The first-order valence-corrected chi connectivity index (χ1v) is 9.05. The molecule has 5 nitrogen and oxygen atoms in total. The maximum atomic E-state index is 12.4. The van der Waals surface area contributed by atoms with Crippen molar-refractivity contribution in [3.8, 4) is 5.75 Å². The number of amides is 2. The predicted molar refractivity (Wildman–Crippen MR) is 92.0 cm³/mol. The smallest absolute Gasteiger partial charge is 0.255 e. The van der Waals surface area contributed by atoms with Gasteiger partial charge in [0.15, 0.2) is 0 Å². The van der Waals surface area contributed by atoms with Crippen molar-refractivity contribution in [2.45, 2.75) is 51.0 Å². The number of hydrogen-bond donors (Lipinski definition) is 2. The molecule has 3 rings (SSSR count). The highest BCUT2D eigenvalue weighted by Gasteiger charge is 2.23. The number of carbonyl (C=O) groups is 2. The van der Waals surface area contributed by atoms with E-state index in [9.17, 15) is 9.59 Å². The number of rotatable bonds is 7. The Labute approximate surface area is 143 Å². The zero-order valence-corrected chi connectivity index (χ0v) is 14.1. The molecule has 2 fully saturated rings. The Morgan fingerprint density at radius 3 is 2.38 bits per heavy atom. The molecule has 0 heterocycles. The molecule has 2 amide bonds. The maximum absolute atomic E-state index is 12.4. The Bertz CT molecular complexity index is 578. The van der Waals surface area contributed by atoms with E-state index in [1.54, 1.807) is 6.07 Å². The van der Waals surface area contributed by atoms with Gasteiger partial charge in [0.05, 0.1) is 11.7 Å². The summed E-state index contributed by atoms with van der Waals surface area (Å²) in [5.74, 6) is 0.780. The summed E-state index contributed by atoms with van der Waals surface area (Å²) in [5, 5.41) is 5.77. The molecule has 1 aromatic rings. The van der Waals surface area contributed by atoms with Crippen molar-refractivity contribution in [1.82, 2.24) is 10.6 Å². The van der Waals surface area contributed by atoms with Gasteiger partial charge in [0, 0.05) is 19.0 Å². The molecule has 0 spiro atoms. The molecule has 1 aromatic carbocycles. The van der Waals surface area contributed by atoms with Crippen molar-refractivity contribution in [3.63, 3.8) is 0 Å². The molecule has 2 aliphatic rings. The number of para-hydroxylation sites is 1. The van der Waals surface area contributed by atoms with Crippen LogP contribution in [0.3, 0.4) is 0 Å². The van der Waals surface area contributed by atoms with Gasteiger partial charge in [-0.25, -0.2) is 0 Å². The van der Waals surface area contributed by atoms with E-state index in [0.29, 0.717) is 24.4 Å². The Hall–Kier alpha value is -2.04. The van der Waals surface area contributed by atoms with E-state index < -0.39 is 0 Å². The van der Waals surface area contributed by atoms with Crippen molar-refractivity contribution in [2.24, 2.45) is 5.92 Å². The molecule has 0 radical (unpaired) electrons. The Morgan fingerprint density at radius 2 is 1.67 bits per heavy atom. The van der Waals surface area contributed by atoms with Gasteiger partial charge in [-0.05, 0) is 44.2 Å². The fourth-order valence-corrected chi connectivity index (χ4v) is 3.21. The van der Waals surface area contributed by atoms with E-state index in [0.717, 1.165) is 38.5 Å². The van der Waals surface area contributed by atoms with Crippen LogP contribution in [0.2, 0.25) is 0 Å². The minimum atomic E-state index is -0.153. The molecule has 0 unspecified atom stereocenters. The van der Waals surface area contributed by atoms with Crippen molar-refractivity contribution in [3.05, 3.63) is 29.8 Å². The number of hydrogen-bond acceptors (Lipinski definition) is 3. The maximum Gasteiger partial charge on any atom is 0.255 e. The monoisotopic (exact) mass is 330 g/mol. The largest absolute Gasteiger partial charge is 0.490 e. The summed E-state index contributed by atoms with van der Waals surface area (Å²) in [6, 6.07) is 7.34. The summed E-state index contributed by atoms with van der Waals surface area (Å²) < 4.78 is 5.88. The third kappa shape index (κ3) is 4.28. The standard InChI is InChI=1S/C19H26N2O3/c22-18(14-6-1-2-7-14)20-12-13-21-19(23)16-10-3-4-11-17(16)24-15-8-5-9-15/h3-4,10-11,14-15H,1-2,5-9,12-13H2,(H,20,22)(H,21,23). The van der Waals surface area contributed by atoms with Crippen LogP contribution in [0.4, 0.5) is 0 Å². The van der Waals surface area contributed by atoms with E-state index in [-0.39, 0.29) is 23.8 Å². The highest BCUT2D eigenvalue weighted by molar-refractivity contribution is 5.96. The van der Waals surface area contributed by atoms with Crippen LogP contribution < -0.4 is 15.4 Å². The molecule has 0 atom stereocenters. The van der Waals surface area contributed by atoms with Crippen LogP contribution in [-0.4, -0.2) is 31.0 Å². The minimum absolute atomic E-state index is 0.121. The third-order valence-corrected chi connectivity index (χ3v) is 4.91. The lowest BCUT2D eigenvalue weighted by Gasteiger charge is -2.27. The number of ether oxygens (including phenoxy) is 1. The molecule has 24 heavy (non-hydrogen) atoms. The van der Waals surface area contributed by atoms with Gasteiger partial charge in [0.2, 0.25) is 5.91 Å². The van der Waals surface area contributed by atoms with Crippen LogP contribution >= 0.6 is 0 Å². The van der Waals surface area contributed by atoms with E-state index in [4.69, 9.17) is 4.74 Å². The molecule has 2 N–H and O–H groups in total. The molecule has 0 saturated heterocycles. The molecular weight excluding hydrogens is 304 g/mol. The zero-order chi connectivity index (χ0) is 16.8. The van der Waals surface area contributed by atoms with Crippen LogP contribution in [-0.2, 0) is 4.79 Å². The number of nitrogens with one attached hydrogen (secondary N) is 2. The highest BCUT2D eigenvalue weighted by atomic mass is 16.5. The zero-order valence-electron chi connectivity index (χ0n) is 14.1. The van der Waals surface area contributed by atoms with E-state index in [1.165, 1.54) is 6.42 Å². The molecular formula is C19H26N2O3. The van der Waals surface area contributed by atoms with Crippen LogP contribution in [0.5, 0.6) is 5.75 Å². The number of benzene rings is 1. The average Bonchev–Trinajstić information content (AvgIpc) is 3.09. The van der Waals surface area contributed by atoms with Gasteiger partial charge in [-0.2, -0.15) is 0 Å². The van der Waals surface area contributed by atoms with Crippen LogP contribution in [0.1, 0.15) is 55.3 Å². The molecule has 2 saturated carbocycles. The first-order chi connectivity index (χ1) is 11.7. The molecule has 0 aromatic heterocycles. The lowest BCUT2D eigenvalue weighted by Crippen LogP contribution is -2.37. The quantitative estimate of drug-likeness (QED) is 0.755. The lowest BCUT2D eigenvalue weighted by atomic mass is 9.96. The van der Waals surface area contributed by atoms with Crippen LogP contribution in [0.15, 0.2) is 24.3 Å². The van der Waals surface area contributed by atoms with Gasteiger partial charge in [0.25, 0.3) is 5.91 Å². The third-order valence-electron chi connectivity index (χ3n) is 4.91. The second-order valence-electron chi connectivity index (χ2n) is 6.70. The van der Waals surface area contributed by atoms with E-state index in [1.807, 2.05) is 18.2 Å². The predicted octanol–water partition coefficient (Wildman–Crippen LogP) is 2.65. The fraction of sp³-hybridized carbons (Fsp3) is 0.579. The fourth-order valence-electron chi connectivity index (χ4n) is 3.21. The average molecular weight is 330 g/mol. The van der Waals surface area contributed by atoms with Gasteiger partial charge < -0.3 is 15.4 Å². The topological polar surface area (TPSA) is 67.4 Å². The Balaban J connectivity index is 1.43. The van der Waals surface area contributed by atoms with Gasteiger partial charge in [-0.3, -0.25) is 9.59 Å². The summed E-state index contributed by atoms with van der Waals surface area (Å²) >= 11 is 0. The molecule has 2 aliphatic carbocycles. The molecule has 5 heteroatoms. The van der Waals surface area contributed by atoms with Crippen molar-refractivity contribution in [2.75, 3.05) is 13.1 Å². The lowest BCUT2D eigenvalue weighted by molar-refractivity contribution is -0.124.